The van der Waals surface area contributed by atoms with Crippen LogP contribution in [0.3, 0.4) is 0 Å². The number of nitrogens with one attached hydrogen (secondary N) is 1. The lowest BCUT2D eigenvalue weighted by Gasteiger charge is -2.34. The molecule has 1 fully saturated rings. The van der Waals surface area contributed by atoms with Crippen molar-refractivity contribution >= 4 is 11.8 Å². The summed E-state index contributed by atoms with van der Waals surface area (Å²) in [6, 6.07) is 0.0436. The number of carbonyl (C=O) groups excluding carboxylic acids is 2. The molecular weight excluding hydrogens is 194 g/mol. The fourth-order valence-corrected chi connectivity index (χ4v) is 1.90. The molecule has 0 saturated carbocycles. The van der Waals surface area contributed by atoms with E-state index in [-0.39, 0.29) is 23.9 Å². The lowest BCUT2D eigenvalue weighted by Crippen LogP contribution is -2.50. The molecule has 1 heterocycles. The maximum atomic E-state index is 11.0. The smallest absolute Gasteiger partial charge is 0.234 e. The van der Waals surface area contributed by atoms with E-state index in [4.69, 9.17) is 5.73 Å². The molecule has 1 rings (SSSR count). The second-order valence-corrected chi connectivity index (χ2v) is 4.09. The van der Waals surface area contributed by atoms with E-state index in [1.807, 2.05) is 6.92 Å². The predicted molar refractivity (Wildman–Crippen MR) is 57.1 cm³/mol. The average Bonchev–Trinajstić information content (AvgIpc) is 2.17. The molecule has 86 valence electrons. The van der Waals surface area contributed by atoms with Crippen molar-refractivity contribution in [3.63, 3.8) is 0 Å². The van der Waals surface area contributed by atoms with E-state index in [1.54, 1.807) is 0 Å². The molecule has 1 saturated heterocycles. The summed E-state index contributed by atoms with van der Waals surface area (Å²) in [7, 11) is 0. The van der Waals surface area contributed by atoms with Gasteiger partial charge in [0.05, 0.1) is 6.04 Å². The van der Waals surface area contributed by atoms with E-state index in [0.29, 0.717) is 0 Å². The molecule has 1 unspecified atom stereocenters. The van der Waals surface area contributed by atoms with Crippen LogP contribution in [0.1, 0.15) is 26.7 Å². The minimum atomic E-state index is -0.284. The highest BCUT2D eigenvalue weighted by atomic mass is 16.2. The van der Waals surface area contributed by atoms with Crippen LogP contribution in [0.5, 0.6) is 0 Å². The van der Waals surface area contributed by atoms with Gasteiger partial charge in [-0.1, -0.05) is 0 Å². The van der Waals surface area contributed by atoms with Crippen molar-refractivity contribution in [2.45, 2.75) is 38.8 Å². The molecule has 0 spiro atoms. The lowest BCUT2D eigenvalue weighted by atomic mass is 10.0. The molecule has 0 bridgehead atoms. The fourth-order valence-electron chi connectivity index (χ4n) is 1.90. The van der Waals surface area contributed by atoms with Crippen molar-refractivity contribution in [2.24, 2.45) is 5.73 Å². The Labute approximate surface area is 90.0 Å². The fraction of sp³-hybridized carbons (Fsp3) is 0.800. The van der Waals surface area contributed by atoms with Crippen LogP contribution in [-0.2, 0) is 9.59 Å². The van der Waals surface area contributed by atoms with Crippen molar-refractivity contribution in [3.05, 3.63) is 0 Å². The Balaban J connectivity index is 2.35. The van der Waals surface area contributed by atoms with Crippen LogP contribution in [0.25, 0.3) is 0 Å². The third-order valence-corrected chi connectivity index (χ3v) is 2.90. The van der Waals surface area contributed by atoms with Crippen molar-refractivity contribution in [1.82, 2.24) is 10.2 Å². The second-order valence-electron chi connectivity index (χ2n) is 4.09. The molecule has 0 aromatic rings. The summed E-state index contributed by atoms with van der Waals surface area (Å²) in [5.41, 5.74) is 5.23. The third-order valence-electron chi connectivity index (χ3n) is 2.90. The van der Waals surface area contributed by atoms with Gasteiger partial charge >= 0.3 is 0 Å². The van der Waals surface area contributed by atoms with E-state index in [2.05, 4.69) is 10.2 Å². The Morgan fingerprint density at radius 2 is 1.93 bits per heavy atom. The van der Waals surface area contributed by atoms with Gasteiger partial charge in [0.25, 0.3) is 0 Å². The minimum absolute atomic E-state index is 0.0106. The van der Waals surface area contributed by atoms with E-state index >= 15 is 0 Å². The summed E-state index contributed by atoms with van der Waals surface area (Å²) < 4.78 is 0. The molecule has 0 aliphatic carbocycles. The van der Waals surface area contributed by atoms with Crippen molar-refractivity contribution in [2.75, 3.05) is 13.1 Å². The van der Waals surface area contributed by atoms with E-state index in [0.717, 1.165) is 25.9 Å². The van der Waals surface area contributed by atoms with Gasteiger partial charge in [0.1, 0.15) is 0 Å². The average molecular weight is 213 g/mol. The number of hydrogen-bond donors (Lipinski definition) is 2. The van der Waals surface area contributed by atoms with Crippen molar-refractivity contribution in [3.8, 4) is 0 Å². The third kappa shape index (κ3) is 3.51. The minimum Gasteiger partial charge on any atom is -0.368 e. The molecule has 1 atom stereocenters. The quantitative estimate of drug-likeness (QED) is 0.661. The van der Waals surface area contributed by atoms with Gasteiger partial charge in [-0.3, -0.25) is 14.5 Å². The Bertz CT molecular complexity index is 247. The summed E-state index contributed by atoms with van der Waals surface area (Å²) in [6.07, 6.45) is 1.77. The molecule has 15 heavy (non-hydrogen) atoms. The highest BCUT2D eigenvalue weighted by molar-refractivity contribution is 5.79. The number of hydrogen-bond acceptors (Lipinski definition) is 3. The first-order chi connectivity index (χ1) is 7.00. The van der Waals surface area contributed by atoms with Crippen LogP contribution in [-0.4, -0.2) is 41.9 Å². The number of rotatable bonds is 3. The van der Waals surface area contributed by atoms with Crippen LogP contribution >= 0.6 is 0 Å². The molecule has 0 aromatic carbocycles. The number of piperidine rings is 1. The van der Waals surface area contributed by atoms with Crippen LogP contribution in [0, 0.1) is 0 Å². The van der Waals surface area contributed by atoms with Crippen LogP contribution in [0.15, 0.2) is 0 Å². The molecule has 1 aliphatic heterocycles. The highest BCUT2D eigenvalue weighted by Gasteiger charge is 2.25. The molecule has 0 radical (unpaired) electrons. The van der Waals surface area contributed by atoms with Gasteiger partial charge in [0, 0.05) is 26.1 Å². The molecule has 3 N–H and O–H groups in total. The van der Waals surface area contributed by atoms with Gasteiger partial charge in [-0.05, 0) is 19.8 Å². The maximum Gasteiger partial charge on any atom is 0.234 e. The van der Waals surface area contributed by atoms with Gasteiger partial charge in [0.2, 0.25) is 11.8 Å². The normalized spacial score (nSPS) is 20.9. The number of nitrogens with zero attached hydrogens (tertiary/aromatic N) is 1. The Morgan fingerprint density at radius 1 is 1.40 bits per heavy atom. The lowest BCUT2D eigenvalue weighted by molar-refractivity contribution is -0.124. The number of nitrogens with two attached hydrogens (primary N) is 1. The predicted octanol–water partition coefficient (Wildman–Crippen LogP) is -0.539. The van der Waals surface area contributed by atoms with Gasteiger partial charge in [-0.15, -0.1) is 0 Å². The van der Waals surface area contributed by atoms with Gasteiger partial charge in [-0.25, -0.2) is 0 Å². The van der Waals surface area contributed by atoms with Crippen LogP contribution in [0.2, 0.25) is 0 Å². The SMILES string of the molecule is CC(=O)NC1CCN(C(C)C(N)=O)CC1. The molecule has 5 nitrogen and oxygen atoms in total. The van der Waals surface area contributed by atoms with Gasteiger partial charge < -0.3 is 11.1 Å². The molecule has 2 amide bonds. The van der Waals surface area contributed by atoms with Crippen LogP contribution in [0.4, 0.5) is 0 Å². The number of primary amides is 1. The molecule has 1 aliphatic rings. The molecular formula is C10H19N3O2. The first-order valence-corrected chi connectivity index (χ1v) is 5.31. The zero-order chi connectivity index (χ0) is 11.4. The zero-order valence-electron chi connectivity index (χ0n) is 9.32. The first kappa shape index (κ1) is 12.0. The van der Waals surface area contributed by atoms with E-state index < -0.39 is 0 Å². The largest absolute Gasteiger partial charge is 0.368 e. The summed E-state index contributed by atoms with van der Waals surface area (Å²) in [6.45, 7) is 4.98. The molecule has 5 heteroatoms. The van der Waals surface area contributed by atoms with Crippen molar-refractivity contribution < 1.29 is 9.59 Å². The standard InChI is InChI=1S/C10H19N3O2/c1-7(10(11)15)13-5-3-9(4-6-13)12-8(2)14/h7,9H,3-6H2,1-2H3,(H2,11,15)(H,12,14). The number of carbonyl (C=O) groups is 2. The first-order valence-electron chi connectivity index (χ1n) is 5.31. The maximum absolute atomic E-state index is 11.0. The topological polar surface area (TPSA) is 75.4 Å². The summed E-state index contributed by atoms with van der Waals surface area (Å²) >= 11 is 0. The Hall–Kier alpha value is -1.10. The van der Waals surface area contributed by atoms with Crippen molar-refractivity contribution in [1.29, 1.82) is 0 Å². The summed E-state index contributed by atoms with van der Waals surface area (Å²) in [4.78, 5) is 23.9. The van der Waals surface area contributed by atoms with Gasteiger partial charge in [-0.2, -0.15) is 0 Å². The summed E-state index contributed by atoms with van der Waals surface area (Å²) in [5, 5.41) is 2.89. The number of likely N-dealkylation sites (tertiary alicyclic amines) is 1. The molecule has 0 aromatic heterocycles. The van der Waals surface area contributed by atoms with Gasteiger partial charge in [0.15, 0.2) is 0 Å². The zero-order valence-corrected chi connectivity index (χ0v) is 9.32. The van der Waals surface area contributed by atoms with E-state index in [9.17, 15) is 9.59 Å². The Morgan fingerprint density at radius 3 is 2.33 bits per heavy atom. The monoisotopic (exact) mass is 213 g/mol. The highest BCUT2D eigenvalue weighted by Crippen LogP contribution is 2.12. The second kappa shape index (κ2) is 5.11. The van der Waals surface area contributed by atoms with Crippen LogP contribution < -0.4 is 11.1 Å². The van der Waals surface area contributed by atoms with E-state index in [1.165, 1.54) is 6.92 Å². The number of amides is 2. The summed E-state index contributed by atoms with van der Waals surface area (Å²) in [5.74, 6) is -0.274. The Kier molecular flexibility index (Phi) is 4.08.